The summed E-state index contributed by atoms with van der Waals surface area (Å²) < 4.78 is 4.75. The highest BCUT2D eigenvalue weighted by Crippen LogP contribution is 2.24. The second kappa shape index (κ2) is 11.6. The third kappa shape index (κ3) is 6.40. The van der Waals surface area contributed by atoms with Crippen molar-refractivity contribution in [2.24, 2.45) is 0 Å². The van der Waals surface area contributed by atoms with Gasteiger partial charge in [0, 0.05) is 44.5 Å². The molecule has 1 fully saturated rings. The fourth-order valence-electron chi connectivity index (χ4n) is 2.85. The predicted octanol–water partition coefficient (Wildman–Crippen LogP) is 1.31. The molecule has 7 nitrogen and oxygen atoms in total. The van der Waals surface area contributed by atoms with Crippen LogP contribution in [0.1, 0.15) is 36.7 Å². The van der Waals surface area contributed by atoms with Gasteiger partial charge in [0.1, 0.15) is 6.79 Å². The molecule has 26 heavy (non-hydrogen) atoms. The van der Waals surface area contributed by atoms with Crippen LogP contribution in [0.4, 0.5) is 5.69 Å². The third-order valence-corrected chi connectivity index (χ3v) is 4.26. The van der Waals surface area contributed by atoms with Gasteiger partial charge in [-0.05, 0) is 44.5 Å². The average Bonchev–Trinajstić information content (AvgIpc) is 2.69. The summed E-state index contributed by atoms with van der Waals surface area (Å²) in [4.78, 5) is 24.4. The Balaban J connectivity index is 0.00000146. The van der Waals surface area contributed by atoms with E-state index in [4.69, 9.17) is 14.6 Å². The maximum Gasteiger partial charge on any atom is 0.338 e. The van der Waals surface area contributed by atoms with Crippen LogP contribution in [0.5, 0.6) is 0 Å². The topological polar surface area (TPSA) is 90.3 Å². The molecule has 0 radical (unpaired) electrons. The summed E-state index contributed by atoms with van der Waals surface area (Å²) in [6, 6.07) is 5.56. The van der Waals surface area contributed by atoms with Crippen LogP contribution in [0.25, 0.3) is 0 Å². The minimum absolute atomic E-state index is 0.166. The van der Waals surface area contributed by atoms with E-state index in [1.165, 1.54) is 7.11 Å². The number of benzene rings is 1. The lowest BCUT2D eigenvalue weighted by Gasteiger charge is -2.43. The molecule has 1 aromatic rings. The van der Waals surface area contributed by atoms with E-state index in [0.29, 0.717) is 11.1 Å². The summed E-state index contributed by atoms with van der Waals surface area (Å²) in [5.41, 5.74) is 2.28. The van der Waals surface area contributed by atoms with E-state index in [-0.39, 0.29) is 12.1 Å². The molecule has 148 valence electrons. The van der Waals surface area contributed by atoms with E-state index in [1.54, 1.807) is 6.07 Å². The van der Waals surface area contributed by atoms with Gasteiger partial charge >= 0.3 is 5.97 Å². The number of aliphatic hydroxyl groups excluding tert-OH is 2. The zero-order valence-electron chi connectivity index (χ0n) is 16.5. The summed E-state index contributed by atoms with van der Waals surface area (Å²) in [6.07, 6.45) is 0. The smallest absolute Gasteiger partial charge is 0.338 e. The second-order valence-corrected chi connectivity index (χ2v) is 6.64. The molecule has 1 heterocycles. The molecule has 0 saturated carbocycles. The Morgan fingerprint density at radius 2 is 1.69 bits per heavy atom. The predicted molar refractivity (Wildman–Crippen MR) is 103 cm³/mol. The van der Waals surface area contributed by atoms with E-state index in [1.807, 2.05) is 18.9 Å². The van der Waals surface area contributed by atoms with Crippen molar-refractivity contribution in [2.45, 2.75) is 32.9 Å². The van der Waals surface area contributed by atoms with Gasteiger partial charge in [0.05, 0.1) is 19.3 Å². The number of anilines is 1. The first-order chi connectivity index (χ1) is 12.4. The van der Waals surface area contributed by atoms with Crippen LogP contribution in [0.2, 0.25) is 0 Å². The van der Waals surface area contributed by atoms with Crippen LogP contribution < -0.4 is 4.90 Å². The number of carbonyl (C=O) groups is 2. The number of hydrogen-bond acceptors (Lipinski definition) is 7. The Hall–Kier alpha value is -1.96. The number of methoxy groups -OCH3 is 1. The van der Waals surface area contributed by atoms with Gasteiger partial charge in [0.2, 0.25) is 0 Å². The Bertz CT molecular complexity index is 549. The summed E-state index contributed by atoms with van der Waals surface area (Å²) in [6.45, 7) is 12.4. The first-order valence-electron chi connectivity index (χ1n) is 8.42. The van der Waals surface area contributed by atoms with Gasteiger partial charge in [-0.3, -0.25) is 4.90 Å². The molecule has 7 heteroatoms. The van der Waals surface area contributed by atoms with E-state index in [0.717, 1.165) is 39.0 Å². The van der Waals surface area contributed by atoms with Crippen molar-refractivity contribution in [3.63, 3.8) is 0 Å². The highest BCUT2D eigenvalue weighted by atomic mass is 16.5. The molecule has 0 aliphatic carbocycles. The number of hydrogen-bond donors (Lipinski definition) is 2. The minimum atomic E-state index is -0.409. The molecule has 0 aromatic heterocycles. The standard InChI is InChI=1S/C17H26N2O3.CH4O.CH2O/c1-17(2,3)19-9-7-18(8-10-19)14-5-6-15(16(21)22-4)13(11-14)12-20;2*1-2/h5-6,11,20H,7-10,12H2,1-4H3;2H,1H3;1H2. The van der Waals surface area contributed by atoms with Crippen LogP contribution >= 0.6 is 0 Å². The second-order valence-electron chi connectivity index (χ2n) is 6.64. The molecular weight excluding hydrogens is 336 g/mol. The van der Waals surface area contributed by atoms with Gasteiger partial charge in [-0.25, -0.2) is 4.79 Å². The first-order valence-corrected chi connectivity index (χ1v) is 8.42. The van der Waals surface area contributed by atoms with Gasteiger partial charge in [-0.15, -0.1) is 0 Å². The lowest BCUT2D eigenvalue weighted by atomic mass is 10.0. The van der Waals surface area contributed by atoms with Gasteiger partial charge < -0.3 is 24.6 Å². The van der Waals surface area contributed by atoms with E-state index in [9.17, 15) is 9.90 Å². The molecule has 1 saturated heterocycles. The molecule has 0 amide bonds. The van der Waals surface area contributed by atoms with E-state index >= 15 is 0 Å². The van der Waals surface area contributed by atoms with E-state index < -0.39 is 5.97 Å². The maximum atomic E-state index is 11.7. The van der Waals surface area contributed by atoms with E-state index in [2.05, 4.69) is 30.6 Å². The maximum absolute atomic E-state index is 11.7. The van der Waals surface area contributed by atoms with Gasteiger partial charge in [0.25, 0.3) is 0 Å². The molecule has 0 atom stereocenters. The zero-order chi connectivity index (χ0) is 20.3. The summed E-state index contributed by atoms with van der Waals surface area (Å²) in [7, 11) is 2.35. The molecule has 0 spiro atoms. The normalized spacial score (nSPS) is 14.5. The Labute approximate surface area is 156 Å². The number of piperazine rings is 1. The third-order valence-electron chi connectivity index (χ3n) is 4.26. The monoisotopic (exact) mass is 368 g/mol. The first kappa shape index (κ1) is 24.0. The van der Waals surface area contributed by atoms with Crippen LogP contribution in [0, 0.1) is 0 Å². The van der Waals surface area contributed by atoms with Crippen molar-refractivity contribution in [3.05, 3.63) is 29.3 Å². The number of nitrogens with zero attached hydrogens (tertiary/aromatic N) is 2. The molecule has 2 rings (SSSR count). The number of aliphatic hydroxyl groups is 2. The number of ether oxygens (including phenoxy) is 1. The van der Waals surface area contributed by atoms with Crippen molar-refractivity contribution >= 4 is 18.4 Å². The van der Waals surface area contributed by atoms with Crippen LogP contribution in [0.15, 0.2) is 18.2 Å². The fraction of sp³-hybridized carbons (Fsp3) is 0.579. The molecule has 0 unspecified atom stereocenters. The summed E-state index contributed by atoms with van der Waals surface area (Å²) in [5, 5.41) is 16.5. The van der Waals surface area contributed by atoms with Crippen LogP contribution in [-0.2, 0) is 16.1 Å². The van der Waals surface area contributed by atoms with Crippen molar-refractivity contribution in [2.75, 3.05) is 45.3 Å². The zero-order valence-corrected chi connectivity index (χ0v) is 16.5. The lowest BCUT2D eigenvalue weighted by molar-refractivity contribution is -0.0980. The molecular formula is C19H32N2O5. The highest BCUT2D eigenvalue weighted by molar-refractivity contribution is 5.91. The van der Waals surface area contributed by atoms with Crippen molar-refractivity contribution < 1.29 is 24.5 Å². The average molecular weight is 368 g/mol. The van der Waals surface area contributed by atoms with Crippen molar-refractivity contribution in [1.82, 2.24) is 4.90 Å². The molecule has 1 aromatic carbocycles. The molecule has 1 aliphatic heterocycles. The Kier molecular flexibility index (Phi) is 10.7. The van der Waals surface area contributed by atoms with Gasteiger partial charge in [0.15, 0.2) is 0 Å². The van der Waals surface area contributed by atoms with Crippen molar-refractivity contribution in [1.29, 1.82) is 0 Å². The minimum Gasteiger partial charge on any atom is -0.465 e. The van der Waals surface area contributed by atoms with Gasteiger partial charge in [-0.2, -0.15) is 0 Å². The summed E-state index contributed by atoms with van der Waals surface area (Å²) in [5.74, 6) is -0.409. The number of carbonyl (C=O) groups excluding carboxylic acids is 2. The number of rotatable bonds is 3. The molecule has 1 aliphatic rings. The lowest BCUT2D eigenvalue weighted by Crippen LogP contribution is -2.53. The SMILES string of the molecule is C=O.CO.COC(=O)c1ccc(N2CCN(C(C)(C)C)CC2)cc1CO. The van der Waals surface area contributed by atoms with Crippen LogP contribution in [-0.4, -0.2) is 73.8 Å². The number of esters is 1. The molecule has 2 N–H and O–H groups in total. The largest absolute Gasteiger partial charge is 0.465 e. The van der Waals surface area contributed by atoms with Crippen molar-refractivity contribution in [3.8, 4) is 0 Å². The Morgan fingerprint density at radius 3 is 2.12 bits per heavy atom. The summed E-state index contributed by atoms with van der Waals surface area (Å²) >= 11 is 0. The Morgan fingerprint density at radius 1 is 1.15 bits per heavy atom. The highest BCUT2D eigenvalue weighted by Gasteiger charge is 2.26. The quantitative estimate of drug-likeness (QED) is 0.778. The van der Waals surface area contributed by atoms with Gasteiger partial charge in [-0.1, -0.05) is 0 Å². The van der Waals surface area contributed by atoms with Crippen LogP contribution in [0.3, 0.4) is 0 Å². The fourth-order valence-corrected chi connectivity index (χ4v) is 2.85. The molecule has 0 bridgehead atoms.